The van der Waals surface area contributed by atoms with Gasteiger partial charge in [0.25, 0.3) is 0 Å². The predicted molar refractivity (Wildman–Crippen MR) is 112 cm³/mol. The van der Waals surface area contributed by atoms with Crippen molar-refractivity contribution in [2.24, 2.45) is 10.9 Å². The molecule has 2 unspecified atom stereocenters. The number of anilines is 1. The Balaban J connectivity index is 1.66. The minimum absolute atomic E-state index is 0.279. The Morgan fingerprint density at radius 3 is 2.67 bits per heavy atom. The minimum Gasteiger partial charge on any atom is -0.493 e. The summed E-state index contributed by atoms with van der Waals surface area (Å²) in [7, 11) is 3.08. The van der Waals surface area contributed by atoms with E-state index in [2.05, 4.69) is 25.8 Å². The molecule has 0 bridgehead atoms. The lowest BCUT2D eigenvalue weighted by Crippen LogP contribution is -2.45. The van der Waals surface area contributed by atoms with E-state index in [4.69, 9.17) is 9.47 Å². The molecule has 0 fully saturated rings. The molecular weight excluding hydrogens is 386 g/mol. The lowest BCUT2D eigenvalue weighted by atomic mass is 9.87. The van der Waals surface area contributed by atoms with Crippen LogP contribution in [0.4, 0.5) is 10.5 Å². The third-order valence-electron chi connectivity index (χ3n) is 5.10. The van der Waals surface area contributed by atoms with E-state index in [-0.39, 0.29) is 5.91 Å². The maximum absolute atomic E-state index is 13.2. The Morgan fingerprint density at radius 2 is 1.90 bits per heavy atom. The van der Waals surface area contributed by atoms with Crippen molar-refractivity contribution < 1.29 is 19.1 Å². The Hall–Kier alpha value is -3.88. The monoisotopic (exact) mass is 407 g/mol. The van der Waals surface area contributed by atoms with Gasteiger partial charge in [-0.2, -0.15) is 5.10 Å². The van der Waals surface area contributed by atoms with Crippen LogP contribution >= 0.6 is 0 Å². The van der Waals surface area contributed by atoms with Gasteiger partial charge in [0.1, 0.15) is 5.92 Å². The first kappa shape index (κ1) is 19.4. The van der Waals surface area contributed by atoms with Crippen molar-refractivity contribution in [1.29, 1.82) is 0 Å². The van der Waals surface area contributed by atoms with Crippen LogP contribution in [0.5, 0.6) is 11.5 Å². The van der Waals surface area contributed by atoms with Crippen molar-refractivity contribution in [3.8, 4) is 11.5 Å². The van der Waals surface area contributed by atoms with Gasteiger partial charge in [0.15, 0.2) is 11.5 Å². The molecule has 9 heteroatoms. The summed E-state index contributed by atoms with van der Waals surface area (Å²) in [5, 5.41) is 13.5. The van der Waals surface area contributed by atoms with Crippen LogP contribution in [0, 0.1) is 5.92 Å². The quantitative estimate of drug-likeness (QED) is 0.601. The Kier molecular flexibility index (Phi) is 5.09. The molecule has 0 spiro atoms. The summed E-state index contributed by atoms with van der Waals surface area (Å²) in [5.41, 5.74) is 2.64. The molecule has 3 amide bonds. The number of urea groups is 1. The zero-order chi connectivity index (χ0) is 21.3. The molecule has 1 aliphatic heterocycles. The topological polar surface area (TPSA) is 118 Å². The van der Waals surface area contributed by atoms with Crippen LogP contribution in [0.2, 0.25) is 0 Å². The molecule has 2 atom stereocenters. The lowest BCUT2D eigenvalue weighted by molar-refractivity contribution is -0.118. The number of aliphatic imine (C=N–C) groups is 1. The van der Waals surface area contributed by atoms with Gasteiger partial charge in [-0.25, -0.2) is 9.79 Å². The van der Waals surface area contributed by atoms with E-state index in [1.54, 1.807) is 44.5 Å². The number of nitrogens with zero attached hydrogens (tertiary/aromatic N) is 2. The zero-order valence-electron chi connectivity index (χ0n) is 16.7. The Bertz CT molecular complexity index is 1150. The van der Waals surface area contributed by atoms with Crippen molar-refractivity contribution in [3.63, 3.8) is 0 Å². The maximum atomic E-state index is 13.2. The van der Waals surface area contributed by atoms with Gasteiger partial charge in [0.05, 0.1) is 32.0 Å². The molecular formula is C21H21N5O4. The van der Waals surface area contributed by atoms with E-state index >= 15 is 0 Å². The van der Waals surface area contributed by atoms with Crippen LogP contribution in [0.1, 0.15) is 18.5 Å². The number of carbonyl (C=O) groups is 2. The number of hydrogen-bond donors (Lipinski definition) is 3. The fourth-order valence-electron chi connectivity index (χ4n) is 3.62. The van der Waals surface area contributed by atoms with Crippen molar-refractivity contribution in [2.45, 2.75) is 13.0 Å². The molecule has 1 aliphatic rings. The first-order valence-corrected chi connectivity index (χ1v) is 9.31. The number of H-pyrrole nitrogens is 1. The summed E-state index contributed by atoms with van der Waals surface area (Å²) in [6.07, 6.45) is 1.69. The van der Waals surface area contributed by atoms with E-state index in [0.29, 0.717) is 28.5 Å². The normalized spacial score (nSPS) is 18.5. The summed E-state index contributed by atoms with van der Waals surface area (Å²) >= 11 is 0. The van der Waals surface area contributed by atoms with E-state index in [9.17, 15) is 9.59 Å². The van der Waals surface area contributed by atoms with Crippen LogP contribution in [-0.4, -0.2) is 42.1 Å². The highest BCUT2D eigenvalue weighted by Gasteiger charge is 2.37. The van der Waals surface area contributed by atoms with Gasteiger partial charge in [-0.05, 0) is 42.8 Å². The fraction of sp³-hybridized carbons (Fsp3) is 0.238. The van der Waals surface area contributed by atoms with Crippen LogP contribution in [0.3, 0.4) is 0 Å². The van der Waals surface area contributed by atoms with E-state index in [0.717, 1.165) is 10.9 Å². The van der Waals surface area contributed by atoms with Gasteiger partial charge >= 0.3 is 6.03 Å². The van der Waals surface area contributed by atoms with Crippen LogP contribution in [0.25, 0.3) is 10.9 Å². The van der Waals surface area contributed by atoms with Crippen molar-refractivity contribution in [1.82, 2.24) is 15.5 Å². The molecule has 30 heavy (non-hydrogen) atoms. The van der Waals surface area contributed by atoms with Crippen molar-refractivity contribution in [2.75, 3.05) is 19.5 Å². The molecule has 1 aromatic heterocycles. The zero-order valence-corrected chi connectivity index (χ0v) is 16.7. The molecule has 4 rings (SSSR count). The number of nitrogens with one attached hydrogen (secondary N) is 3. The van der Waals surface area contributed by atoms with Crippen LogP contribution in [-0.2, 0) is 4.79 Å². The molecule has 2 aromatic carbocycles. The van der Waals surface area contributed by atoms with Gasteiger partial charge in [-0.3, -0.25) is 9.89 Å². The number of fused-ring (bicyclic) bond motifs is 1. The molecule has 3 N–H and O–H groups in total. The molecule has 154 valence electrons. The van der Waals surface area contributed by atoms with Crippen molar-refractivity contribution in [3.05, 3.63) is 48.2 Å². The number of hydrogen-bond acceptors (Lipinski definition) is 5. The third-order valence-corrected chi connectivity index (χ3v) is 5.10. The lowest BCUT2D eigenvalue weighted by Gasteiger charge is -2.30. The number of methoxy groups -OCH3 is 2. The average Bonchev–Trinajstić information content (AvgIpc) is 3.20. The van der Waals surface area contributed by atoms with E-state index in [1.165, 1.54) is 7.11 Å². The number of ether oxygens (including phenoxy) is 2. The number of aromatic amines is 1. The first-order valence-electron chi connectivity index (χ1n) is 9.31. The standard InChI is InChI=1S/C21H21N5O4/c1-11-18(20(27)24-14-5-6-15-13(8-14)10-22-26-15)19(25-21(28)23-11)12-4-7-16(29-2)17(9-12)30-3/h4-10,18-19H,1-3H3,(H,22,26)(H,24,27)(H,25,28). The second-order valence-electron chi connectivity index (χ2n) is 6.93. The summed E-state index contributed by atoms with van der Waals surface area (Å²) < 4.78 is 10.6. The SMILES string of the molecule is COc1ccc(C2NC(=O)N=C(C)C2C(=O)Nc2ccc3[nH]ncc3c2)cc1OC. The fourth-order valence-corrected chi connectivity index (χ4v) is 3.62. The molecule has 0 saturated heterocycles. The highest BCUT2D eigenvalue weighted by atomic mass is 16.5. The second kappa shape index (κ2) is 7.86. The van der Waals surface area contributed by atoms with Gasteiger partial charge in [-0.1, -0.05) is 6.07 Å². The van der Waals surface area contributed by atoms with Gasteiger partial charge in [0.2, 0.25) is 5.91 Å². The molecule has 9 nitrogen and oxygen atoms in total. The summed E-state index contributed by atoms with van der Waals surface area (Å²) in [6, 6.07) is 9.65. The molecule has 0 radical (unpaired) electrons. The summed E-state index contributed by atoms with van der Waals surface area (Å²) in [6.45, 7) is 1.68. The Labute approximate surface area is 172 Å². The predicted octanol–water partition coefficient (Wildman–Crippen LogP) is 3.06. The molecule has 2 heterocycles. The van der Waals surface area contributed by atoms with Crippen molar-refractivity contribution >= 4 is 34.2 Å². The first-order chi connectivity index (χ1) is 14.5. The molecule has 0 aliphatic carbocycles. The molecule has 3 aromatic rings. The number of carbonyl (C=O) groups excluding carboxylic acids is 2. The van der Waals surface area contributed by atoms with Crippen LogP contribution in [0.15, 0.2) is 47.6 Å². The Morgan fingerprint density at radius 1 is 1.10 bits per heavy atom. The van der Waals surface area contributed by atoms with E-state index in [1.807, 2.05) is 12.1 Å². The summed E-state index contributed by atoms with van der Waals surface area (Å²) in [4.78, 5) is 29.2. The van der Waals surface area contributed by atoms with Gasteiger partial charge < -0.3 is 20.1 Å². The van der Waals surface area contributed by atoms with Crippen LogP contribution < -0.4 is 20.1 Å². The highest BCUT2D eigenvalue weighted by Crippen LogP contribution is 2.34. The molecule has 0 saturated carbocycles. The minimum atomic E-state index is -0.694. The maximum Gasteiger partial charge on any atom is 0.341 e. The number of rotatable bonds is 5. The third kappa shape index (κ3) is 3.57. The second-order valence-corrected chi connectivity index (χ2v) is 6.93. The number of amides is 3. The summed E-state index contributed by atoms with van der Waals surface area (Å²) in [5.74, 6) is 0.0944. The largest absolute Gasteiger partial charge is 0.493 e. The van der Waals surface area contributed by atoms with E-state index < -0.39 is 18.0 Å². The van der Waals surface area contributed by atoms with Gasteiger partial charge in [0, 0.05) is 16.8 Å². The average molecular weight is 407 g/mol. The smallest absolute Gasteiger partial charge is 0.341 e. The number of benzene rings is 2. The van der Waals surface area contributed by atoms with Gasteiger partial charge in [-0.15, -0.1) is 0 Å². The highest BCUT2D eigenvalue weighted by molar-refractivity contribution is 6.13. The number of aromatic nitrogens is 2.